The summed E-state index contributed by atoms with van der Waals surface area (Å²) in [4.78, 5) is 27.4. The number of nitrogens with one attached hydrogen (secondary N) is 1. The number of ether oxygens (including phenoxy) is 2. The molecule has 0 aromatic heterocycles. The van der Waals surface area contributed by atoms with Crippen LogP contribution in [0.3, 0.4) is 0 Å². The molecule has 168 valence electrons. The zero-order chi connectivity index (χ0) is 23.7. The Hall–Kier alpha value is -4.20. The van der Waals surface area contributed by atoms with Gasteiger partial charge in [-0.15, -0.1) is 0 Å². The number of halogens is 2. The van der Waals surface area contributed by atoms with Crippen LogP contribution in [-0.2, 0) is 9.59 Å². The van der Waals surface area contributed by atoms with Crippen LogP contribution < -0.4 is 19.7 Å². The summed E-state index contributed by atoms with van der Waals surface area (Å²) in [5, 5.41) is 2.96. The molecule has 33 heavy (non-hydrogen) atoms. The molecule has 3 aromatic carbocycles. The van der Waals surface area contributed by atoms with Gasteiger partial charge in [0.15, 0.2) is 0 Å². The first-order chi connectivity index (χ1) is 15.8. The Balaban J connectivity index is 1.88. The van der Waals surface area contributed by atoms with E-state index >= 15 is 0 Å². The molecule has 0 unspecified atom stereocenters. The van der Waals surface area contributed by atoms with E-state index in [4.69, 9.17) is 9.47 Å². The van der Waals surface area contributed by atoms with E-state index in [-0.39, 0.29) is 11.3 Å². The normalized spacial score (nSPS) is 13.5. The number of hydrogen-bond acceptors (Lipinski definition) is 5. The lowest BCUT2D eigenvalue weighted by Crippen LogP contribution is -2.33. The van der Waals surface area contributed by atoms with E-state index in [0.717, 1.165) is 23.8 Å². The van der Waals surface area contributed by atoms with Gasteiger partial charge in [0.1, 0.15) is 28.8 Å². The summed E-state index contributed by atoms with van der Waals surface area (Å²) < 4.78 is 39.0. The number of carbonyl (C=O) groups is 2. The van der Waals surface area contributed by atoms with Crippen molar-refractivity contribution in [1.29, 1.82) is 0 Å². The van der Waals surface area contributed by atoms with Gasteiger partial charge in [-0.05, 0) is 36.8 Å². The van der Waals surface area contributed by atoms with Gasteiger partial charge in [0.05, 0.1) is 31.2 Å². The van der Waals surface area contributed by atoms with E-state index < -0.39 is 29.1 Å². The minimum Gasteiger partial charge on any atom is -0.497 e. The number of benzene rings is 3. The number of aryl methyl sites for hydroxylation is 1. The smallest absolute Gasteiger partial charge is 0.282 e. The molecule has 3 aromatic rings. The van der Waals surface area contributed by atoms with Crippen LogP contribution in [0.2, 0.25) is 0 Å². The molecule has 0 spiro atoms. The molecular formula is C25H20F2N2O4. The number of anilines is 2. The van der Waals surface area contributed by atoms with E-state index in [2.05, 4.69) is 5.32 Å². The first-order valence-electron chi connectivity index (χ1n) is 9.98. The minimum atomic E-state index is -0.901. The molecule has 0 atom stereocenters. The third-order valence-corrected chi connectivity index (χ3v) is 5.24. The molecule has 6 nitrogen and oxygen atoms in total. The fraction of sp³-hybridized carbons (Fsp3) is 0.120. The number of carbonyl (C=O) groups excluding carboxylic acids is 2. The number of nitrogens with zero attached hydrogens (tertiary/aromatic N) is 1. The predicted molar refractivity (Wildman–Crippen MR) is 120 cm³/mol. The second-order valence-electron chi connectivity index (χ2n) is 7.35. The number of methoxy groups -OCH3 is 2. The van der Waals surface area contributed by atoms with Crippen LogP contribution in [0.25, 0.3) is 5.57 Å². The largest absolute Gasteiger partial charge is 0.497 e. The topological polar surface area (TPSA) is 67.9 Å². The highest BCUT2D eigenvalue weighted by molar-refractivity contribution is 6.46. The fourth-order valence-corrected chi connectivity index (χ4v) is 3.56. The average molecular weight is 450 g/mol. The third-order valence-electron chi connectivity index (χ3n) is 5.24. The molecule has 0 saturated heterocycles. The number of hydrogen-bond donors (Lipinski definition) is 1. The maximum Gasteiger partial charge on any atom is 0.282 e. The molecule has 0 radical (unpaired) electrons. The predicted octanol–water partition coefficient (Wildman–Crippen LogP) is 4.69. The van der Waals surface area contributed by atoms with Crippen molar-refractivity contribution in [2.45, 2.75) is 6.92 Å². The van der Waals surface area contributed by atoms with Crippen molar-refractivity contribution >= 4 is 28.8 Å². The first-order valence-corrected chi connectivity index (χ1v) is 9.98. The van der Waals surface area contributed by atoms with Gasteiger partial charge in [0.25, 0.3) is 11.8 Å². The van der Waals surface area contributed by atoms with Gasteiger partial charge in [0.2, 0.25) is 0 Å². The molecule has 1 heterocycles. The van der Waals surface area contributed by atoms with E-state index in [9.17, 15) is 18.4 Å². The number of rotatable bonds is 6. The van der Waals surface area contributed by atoms with Crippen molar-refractivity contribution in [2.24, 2.45) is 0 Å². The summed E-state index contributed by atoms with van der Waals surface area (Å²) >= 11 is 0. The summed E-state index contributed by atoms with van der Waals surface area (Å²) in [5.74, 6) is -2.41. The maximum atomic E-state index is 14.5. The molecule has 2 amide bonds. The monoisotopic (exact) mass is 450 g/mol. The molecule has 8 heteroatoms. The van der Waals surface area contributed by atoms with Gasteiger partial charge in [-0.1, -0.05) is 29.8 Å². The number of imide groups is 1. The number of amides is 2. The molecule has 1 aliphatic heterocycles. The Morgan fingerprint density at radius 1 is 0.848 bits per heavy atom. The van der Waals surface area contributed by atoms with Gasteiger partial charge in [0, 0.05) is 12.1 Å². The molecule has 1 N–H and O–H groups in total. The highest BCUT2D eigenvalue weighted by Crippen LogP contribution is 2.37. The Bertz CT molecular complexity index is 1290. The standard InChI is InChI=1S/C25H20F2N2O4/c1-14-4-6-15(7-5-14)22-23(28-19-13-17(32-2)9-11-21(19)33-3)25(31)29(24(22)30)20-12-16(26)8-10-18(20)27/h4-13,28H,1-3H3. The van der Waals surface area contributed by atoms with Crippen molar-refractivity contribution in [3.63, 3.8) is 0 Å². The summed E-state index contributed by atoms with van der Waals surface area (Å²) in [6, 6.07) is 14.5. The van der Waals surface area contributed by atoms with Crippen LogP contribution in [0.1, 0.15) is 11.1 Å². The van der Waals surface area contributed by atoms with Gasteiger partial charge in [-0.25, -0.2) is 13.7 Å². The summed E-state index contributed by atoms with van der Waals surface area (Å²) in [7, 11) is 2.94. The van der Waals surface area contributed by atoms with E-state index in [1.54, 1.807) is 42.5 Å². The highest BCUT2D eigenvalue weighted by atomic mass is 19.1. The van der Waals surface area contributed by atoms with Crippen LogP contribution in [-0.4, -0.2) is 26.0 Å². The highest BCUT2D eigenvalue weighted by Gasteiger charge is 2.41. The van der Waals surface area contributed by atoms with Gasteiger partial charge in [-0.2, -0.15) is 0 Å². The van der Waals surface area contributed by atoms with Crippen LogP contribution in [0.5, 0.6) is 11.5 Å². The molecule has 0 fully saturated rings. The van der Waals surface area contributed by atoms with E-state index in [1.165, 1.54) is 14.2 Å². The van der Waals surface area contributed by atoms with Gasteiger partial charge >= 0.3 is 0 Å². The third kappa shape index (κ3) is 4.03. The van der Waals surface area contributed by atoms with Crippen molar-refractivity contribution in [1.82, 2.24) is 0 Å². The molecule has 0 aliphatic carbocycles. The zero-order valence-electron chi connectivity index (χ0n) is 18.1. The van der Waals surface area contributed by atoms with Gasteiger partial charge < -0.3 is 14.8 Å². The lowest BCUT2D eigenvalue weighted by molar-refractivity contribution is -0.120. The van der Waals surface area contributed by atoms with Crippen LogP contribution in [0, 0.1) is 18.6 Å². The lowest BCUT2D eigenvalue weighted by Gasteiger charge is -2.17. The molecule has 0 bridgehead atoms. The second-order valence-corrected chi connectivity index (χ2v) is 7.35. The van der Waals surface area contributed by atoms with Crippen molar-refractivity contribution in [2.75, 3.05) is 24.4 Å². The first kappa shape index (κ1) is 22.0. The maximum absolute atomic E-state index is 14.5. The second kappa shape index (κ2) is 8.74. The quantitative estimate of drug-likeness (QED) is 0.552. The van der Waals surface area contributed by atoms with Crippen molar-refractivity contribution in [3.05, 3.63) is 89.1 Å². The van der Waals surface area contributed by atoms with Crippen molar-refractivity contribution in [3.8, 4) is 11.5 Å². The Morgan fingerprint density at radius 2 is 1.58 bits per heavy atom. The van der Waals surface area contributed by atoms with Gasteiger partial charge in [-0.3, -0.25) is 9.59 Å². The van der Waals surface area contributed by atoms with E-state index in [1.807, 2.05) is 6.92 Å². The Labute approximate surface area is 189 Å². The molecule has 1 aliphatic rings. The van der Waals surface area contributed by atoms with Crippen LogP contribution in [0.15, 0.2) is 66.4 Å². The van der Waals surface area contributed by atoms with Crippen LogP contribution in [0.4, 0.5) is 20.2 Å². The van der Waals surface area contributed by atoms with Crippen molar-refractivity contribution < 1.29 is 27.8 Å². The lowest BCUT2D eigenvalue weighted by atomic mass is 10.0. The molecular weight excluding hydrogens is 430 g/mol. The molecule has 0 saturated carbocycles. The fourth-order valence-electron chi connectivity index (χ4n) is 3.56. The van der Waals surface area contributed by atoms with Crippen LogP contribution >= 0.6 is 0 Å². The zero-order valence-corrected chi connectivity index (χ0v) is 18.1. The average Bonchev–Trinajstić information content (AvgIpc) is 3.05. The SMILES string of the molecule is COc1ccc(OC)c(NC2=C(c3ccc(C)cc3)C(=O)N(c3cc(F)ccc3F)C2=O)c1. The minimum absolute atomic E-state index is 0.0218. The Kier molecular flexibility index (Phi) is 5.83. The summed E-state index contributed by atoms with van der Waals surface area (Å²) in [6.45, 7) is 1.88. The molecule has 4 rings (SSSR count). The Morgan fingerprint density at radius 3 is 2.24 bits per heavy atom. The summed E-state index contributed by atoms with van der Waals surface area (Å²) in [6.07, 6.45) is 0. The summed E-state index contributed by atoms with van der Waals surface area (Å²) in [5.41, 5.74) is 1.21. The van der Waals surface area contributed by atoms with E-state index in [0.29, 0.717) is 27.6 Å².